The Hall–Kier alpha value is -1.59. The number of aromatic nitrogens is 1. The van der Waals surface area contributed by atoms with Gasteiger partial charge in [0, 0.05) is 16.4 Å². The third-order valence-corrected chi connectivity index (χ3v) is 4.51. The topological polar surface area (TPSA) is 51.2 Å². The minimum absolute atomic E-state index is 0.140. The van der Waals surface area contributed by atoms with Gasteiger partial charge in [0.2, 0.25) is 0 Å². The van der Waals surface area contributed by atoms with E-state index in [1.54, 1.807) is 11.4 Å². The van der Waals surface area contributed by atoms with Crippen molar-refractivity contribution in [3.8, 4) is 5.75 Å². The molecule has 118 valence electrons. The summed E-state index contributed by atoms with van der Waals surface area (Å²) in [6.45, 7) is 6.26. The van der Waals surface area contributed by atoms with Gasteiger partial charge in [-0.1, -0.05) is 18.5 Å². The van der Waals surface area contributed by atoms with Crippen LogP contribution >= 0.6 is 22.9 Å². The predicted octanol–water partition coefficient (Wildman–Crippen LogP) is 4.21. The van der Waals surface area contributed by atoms with Gasteiger partial charge in [-0.05, 0) is 44.0 Å². The van der Waals surface area contributed by atoms with Crippen molar-refractivity contribution < 1.29 is 9.53 Å². The van der Waals surface area contributed by atoms with E-state index in [1.165, 1.54) is 11.3 Å². The fourth-order valence-electron chi connectivity index (χ4n) is 1.73. The number of rotatable bonds is 6. The summed E-state index contributed by atoms with van der Waals surface area (Å²) in [6, 6.07) is 5.65. The zero-order valence-electron chi connectivity index (χ0n) is 12.9. The second kappa shape index (κ2) is 7.61. The third-order valence-electron chi connectivity index (χ3n) is 3.27. The standard InChI is InChI=1S/C16H19ClN2O2S/c1-4-11(3)18-16(20)14-9-22-15(19-14)8-21-12-5-6-13(17)10(2)7-12/h5-7,9,11H,4,8H2,1-3H3,(H,18,20)/t11-/m0/s1. The van der Waals surface area contributed by atoms with Crippen LogP contribution in [0.1, 0.15) is 41.3 Å². The monoisotopic (exact) mass is 338 g/mol. The summed E-state index contributed by atoms with van der Waals surface area (Å²) in [5.41, 5.74) is 1.41. The SMILES string of the molecule is CC[C@H](C)NC(=O)c1csc(COc2ccc(Cl)c(C)c2)n1. The molecule has 2 aromatic rings. The molecule has 1 amide bonds. The number of carbonyl (C=O) groups is 1. The molecule has 0 spiro atoms. The van der Waals surface area contributed by atoms with Gasteiger partial charge in [-0.25, -0.2) is 4.98 Å². The molecule has 1 aromatic carbocycles. The summed E-state index contributed by atoms with van der Waals surface area (Å²) in [5, 5.41) is 6.13. The van der Waals surface area contributed by atoms with Crippen molar-refractivity contribution >= 4 is 28.8 Å². The van der Waals surface area contributed by atoms with Crippen LogP contribution in [0.5, 0.6) is 5.75 Å². The van der Waals surface area contributed by atoms with Crippen LogP contribution in [0.15, 0.2) is 23.6 Å². The maximum atomic E-state index is 12.0. The molecule has 0 aliphatic heterocycles. The normalized spacial score (nSPS) is 12.0. The first kappa shape index (κ1) is 16.8. The van der Waals surface area contributed by atoms with Crippen molar-refractivity contribution in [2.24, 2.45) is 0 Å². The summed E-state index contributed by atoms with van der Waals surface area (Å²) in [4.78, 5) is 16.3. The fraction of sp³-hybridized carbons (Fsp3) is 0.375. The molecule has 1 heterocycles. The molecule has 6 heteroatoms. The Morgan fingerprint density at radius 3 is 2.95 bits per heavy atom. The van der Waals surface area contributed by atoms with Crippen LogP contribution in [0.25, 0.3) is 0 Å². The van der Waals surface area contributed by atoms with Gasteiger partial charge in [0.25, 0.3) is 5.91 Å². The molecule has 1 atom stereocenters. The molecule has 22 heavy (non-hydrogen) atoms. The maximum absolute atomic E-state index is 12.0. The lowest BCUT2D eigenvalue weighted by Gasteiger charge is -2.09. The van der Waals surface area contributed by atoms with Crippen molar-refractivity contribution in [1.82, 2.24) is 10.3 Å². The highest BCUT2D eigenvalue weighted by Gasteiger charge is 2.13. The first-order chi connectivity index (χ1) is 10.5. The molecule has 0 unspecified atom stereocenters. The van der Waals surface area contributed by atoms with Gasteiger partial charge in [0.1, 0.15) is 23.1 Å². The Kier molecular flexibility index (Phi) is 5.80. The Balaban J connectivity index is 1.94. The minimum atomic E-state index is -0.140. The summed E-state index contributed by atoms with van der Waals surface area (Å²) in [7, 11) is 0. The molecular formula is C16H19ClN2O2S. The van der Waals surface area contributed by atoms with Gasteiger partial charge in [-0.2, -0.15) is 0 Å². The zero-order valence-corrected chi connectivity index (χ0v) is 14.4. The van der Waals surface area contributed by atoms with Crippen LogP contribution in [0.4, 0.5) is 0 Å². The number of benzene rings is 1. The highest BCUT2D eigenvalue weighted by molar-refractivity contribution is 7.09. The second-order valence-corrected chi connectivity index (χ2v) is 6.46. The van der Waals surface area contributed by atoms with Crippen molar-refractivity contribution in [3.63, 3.8) is 0 Å². The lowest BCUT2D eigenvalue weighted by molar-refractivity contribution is 0.0934. The zero-order chi connectivity index (χ0) is 16.1. The number of aryl methyl sites for hydroxylation is 1. The second-order valence-electron chi connectivity index (χ2n) is 5.11. The number of nitrogens with zero attached hydrogens (tertiary/aromatic N) is 1. The number of nitrogens with one attached hydrogen (secondary N) is 1. The van der Waals surface area contributed by atoms with E-state index in [2.05, 4.69) is 10.3 Å². The molecular weight excluding hydrogens is 320 g/mol. The Morgan fingerprint density at radius 2 is 2.27 bits per heavy atom. The van der Waals surface area contributed by atoms with E-state index >= 15 is 0 Å². The van der Waals surface area contributed by atoms with Gasteiger partial charge in [-0.15, -0.1) is 11.3 Å². The highest BCUT2D eigenvalue weighted by atomic mass is 35.5. The van der Waals surface area contributed by atoms with E-state index in [0.717, 1.165) is 22.7 Å². The molecule has 4 nitrogen and oxygen atoms in total. The van der Waals surface area contributed by atoms with Crippen molar-refractivity contribution in [3.05, 3.63) is 44.9 Å². The summed E-state index contributed by atoms with van der Waals surface area (Å²) < 4.78 is 5.68. The molecule has 0 radical (unpaired) electrons. The molecule has 2 rings (SSSR count). The average Bonchev–Trinajstić information content (AvgIpc) is 2.97. The minimum Gasteiger partial charge on any atom is -0.486 e. The smallest absolute Gasteiger partial charge is 0.270 e. The largest absolute Gasteiger partial charge is 0.486 e. The lowest BCUT2D eigenvalue weighted by atomic mass is 10.2. The molecule has 1 N–H and O–H groups in total. The molecule has 0 saturated carbocycles. The highest BCUT2D eigenvalue weighted by Crippen LogP contribution is 2.22. The molecule has 0 saturated heterocycles. The van der Waals surface area contributed by atoms with E-state index < -0.39 is 0 Å². The number of thiazole rings is 1. The van der Waals surface area contributed by atoms with E-state index in [0.29, 0.717) is 17.3 Å². The Bertz CT molecular complexity index is 657. The van der Waals surface area contributed by atoms with Crippen LogP contribution in [0.3, 0.4) is 0 Å². The van der Waals surface area contributed by atoms with Gasteiger partial charge >= 0.3 is 0 Å². The quantitative estimate of drug-likeness (QED) is 0.858. The lowest BCUT2D eigenvalue weighted by Crippen LogP contribution is -2.32. The fourth-order valence-corrected chi connectivity index (χ4v) is 2.54. The molecule has 0 fully saturated rings. The van der Waals surface area contributed by atoms with Crippen molar-refractivity contribution in [2.45, 2.75) is 39.8 Å². The van der Waals surface area contributed by atoms with Crippen LogP contribution in [0.2, 0.25) is 5.02 Å². The van der Waals surface area contributed by atoms with Gasteiger partial charge in [0.15, 0.2) is 0 Å². The molecule has 0 aliphatic rings. The summed E-state index contributed by atoms with van der Waals surface area (Å²) >= 11 is 7.40. The number of amides is 1. The predicted molar refractivity (Wildman–Crippen MR) is 89.9 cm³/mol. The molecule has 0 aliphatic carbocycles. The van der Waals surface area contributed by atoms with Crippen LogP contribution in [0, 0.1) is 6.92 Å². The van der Waals surface area contributed by atoms with Crippen LogP contribution in [-0.2, 0) is 6.61 Å². The first-order valence-electron chi connectivity index (χ1n) is 7.13. The Labute approximate surface area is 139 Å². The van der Waals surface area contributed by atoms with Crippen molar-refractivity contribution in [1.29, 1.82) is 0 Å². The Morgan fingerprint density at radius 1 is 1.50 bits per heavy atom. The average molecular weight is 339 g/mol. The molecule has 1 aromatic heterocycles. The number of hydrogen-bond donors (Lipinski definition) is 1. The van der Waals surface area contributed by atoms with Crippen LogP contribution < -0.4 is 10.1 Å². The summed E-state index contributed by atoms with van der Waals surface area (Å²) in [5.74, 6) is 0.599. The van der Waals surface area contributed by atoms with Gasteiger partial charge in [0.05, 0.1) is 0 Å². The van der Waals surface area contributed by atoms with E-state index in [-0.39, 0.29) is 11.9 Å². The first-order valence-corrected chi connectivity index (χ1v) is 8.39. The van der Waals surface area contributed by atoms with Gasteiger partial charge < -0.3 is 10.1 Å². The summed E-state index contributed by atoms with van der Waals surface area (Å²) in [6.07, 6.45) is 0.891. The third kappa shape index (κ3) is 4.45. The number of ether oxygens (including phenoxy) is 1. The van der Waals surface area contributed by atoms with E-state index in [9.17, 15) is 4.79 Å². The van der Waals surface area contributed by atoms with Crippen molar-refractivity contribution in [2.75, 3.05) is 0 Å². The number of halogens is 1. The number of carbonyl (C=O) groups excluding carboxylic acids is 1. The number of hydrogen-bond acceptors (Lipinski definition) is 4. The maximum Gasteiger partial charge on any atom is 0.270 e. The molecule has 0 bridgehead atoms. The van der Waals surface area contributed by atoms with Crippen LogP contribution in [-0.4, -0.2) is 16.9 Å². The van der Waals surface area contributed by atoms with E-state index in [1.807, 2.05) is 32.9 Å². The van der Waals surface area contributed by atoms with Gasteiger partial charge in [-0.3, -0.25) is 4.79 Å². The van der Waals surface area contributed by atoms with E-state index in [4.69, 9.17) is 16.3 Å².